The van der Waals surface area contributed by atoms with E-state index in [9.17, 15) is 4.39 Å². The zero-order chi connectivity index (χ0) is 13.6. The van der Waals surface area contributed by atoms with Crippen molar-refractivity contribution in [2.45, 2.75) is 34.6 Å². The standard InChI is InChI=1S/C14H19ClFN/c1-7-8-13(16)14(9(2)3)10(4)11(5)17-12(6)15/h7-8H,1H2,2-6H3/b11-10+,13-8+,17-12?. The number of hydrogen-bond acceptors (Lipinski definition) is 1. The maximum atomic E-state index is 13.9. The highest BCUT2D eigenvalue weighted by atomic mass is 35.5. The topological polar surface area (TPSA) is 12.4 Å². The minimum atomic E-state index is -0.306. The lowest BCUT2D eigenvalue weighted by Gasteiger charge is -2.10. The molecule has 1 nitrogen and oxygen atoms in total. The zero-order valence-electron chi connectivity index (χ0n) is 11.1. The average molecular weight is 256 g/mol. The molecule has 0 bridgehead atoms. The monoisotopic (exact) mass is 255 g/mol. The summed E-state index contributed by atoms with van der Waals surface area (Å²) in [7, 11) is 0. The van der Waals surface area contributed by atoms with Gasteiger partial charge in [0.05, 0.1) is 0 Å². The third-order valence-corrected chi connectivity index (χ3v) is 2.33. The molecule has 0 aromatic heterocycles. The summed E-state index contributed by atoms with van der Waals surface area (Å²) in [5.74, 6) is -0.306. The zero-order valence-corrected chi connectivity index (χ0v) is 11.8. The van der Waals surface area contributed by atoms with Crippen LogP contribution in [0.3, 0.4) is 0 Å². The molecule has 0 aliphatic rings. The van der Waals surface area contributed by atoms with Gasteiger partial charge in [-0.15, -0.1) is 0 Å². The Morgan fingerprint density at radius 3 is 2.06 bits per heavy atom. The summed E-state index contributed by atoms with van der Waals surface area (Å²) in [6.07, 6.45) is 2.77. The lowest BCUT2D eigenvalue weighted by atomic mass is 9.99. The van der Waals surface area contributed by atoms with Gasteiger partial charge in [-0.25, -0.2) is 9.38 Å². The molecule has 0 atom stereocenters. The van der Waals surface area contributed by atoms with E-state index in [1.807, 2.05) is 27.7 Å². The van der Waals surface area contributed by atoms with Crippen molar-refractivity contribution in [2.24, 2.45) is 4.99 Å². The Balaban J connectivity index is 5.71. The van der Waals surface area contributed by atoms with E-state index in [-0.39, 0.29) is 5.83 Å². The van der Waals surface area contributed by atoms with Crippen molar-refractivity contribution in [1.29, 1.82) is 0 Å². The van der Waals surface area contributed by atoms with Crippen LogP contribution in [-0.2, 0) is 0 Å². The van der Waals surface area contributed by atoms with Gasteiger partial charge in [0, 0.05) is 11.3 Å². The van der Waals surface area contributed by atoms with E-state index < -0.39 is 0 Å². The van der Waals surface area contributed by atoms with E-state index in [0.717, 1.165) is 11.1 Å². The van der Waals surface area contributed by atoms with Gasteiger partial charge in [0.15, 0.2) is 0 Å². The highest BCUT2D eigenvalue weighted by molar-refractivity contribution is 6.64. The van der Waals surface area contributed by atoms with Crippen molar-refractivity contribution < 1.29 is 4.39 Å². The van der Waals surface area contributed by atoms with Crippen LogP contribution in [0.15, 0.2) is 52.0 Å². The lowest BCUT2D eigenvalue weighted by Crippen LogP contribution is -1.94. The maximum absolute atomic E-state index is 13.9. The van der Waals surface area contributed by atoms with Crippen molar-refractivity contribution >= 4 is 16.8 Å². The minimum absolute atomic E-state index is 0.306. The fourth-order valence-corrected chi connectivity index (χ4v) is 1.60. The van der Waals surface area contributed by atoms with Gasteiger partial charge < -0.3 is 0 Å². The molecule has 17 heavy (non-hydrogen) atoms. The molecule has 0 aromatic carbocycles. The second-order valence-electron chi connectivity index (χ2n) is 3.94. The molecule has 3 heteroatoms. The Hall–Kier alpha value is -1.15. The second-order valence-corrected chi connectivity index (χ2v) is 4.49. The number of aliphatic imine (C=N–C) groups is 1. The van der Waals surface area contributed by atoms with Crippen LogP contribution in [0, 0.1) is 0 Å². The van der Waals surface area contributed by atoms with Crippen LogP contribution in [0.1, 0.15) is 34.6 Å². The van der Waals surface area contributed by atoms with E-state index in [1.165, 1.54) is 12.2 Å². The van der Waals surface area contributed by atoms with Gasteiger partial charge in [0.2, 0.25) is 0 Å². The smallest absolute Gasteiger partial charge is 0.130 e. The SMILES string of the molecule is C=C/C=C(/F)C(=C(C)C)/C(C)=C(\C)N=C(C)Cl. The lowest BCUT2D eigenvalue weighted by molar-refractivity contribution is 0.651. The molecule has 0 aliphatic carbocycles. The Kier molecular flexibility index (Phi) is 6.74. The quantitative estimate of drug-likeness (QED) is 0.477. The normalized spacial score (nSPS) is 14.3. The van der Waals surface area contributed by atoms with Gasteiger partial charge in [-0.2, -0.15) is 0 Å². The van der Waals surface area contributed by atoms with Gasteiger partial charge in [0.25, 0.3) is 0 Å². The predicted octanol–water partition coefficient (Wildman–Crippen LogP) is 5.31. The molecular formula is C14H19ClFN. The molecule has 0 unspecified atom stereocenters. The largest absolute Gasteiger partial charge is 0.246 e. The summed E-state index contributed by atoms with van der Waals surface area (Å²) < 4.78 is 13.9. The summed E-state index contributed by atoms with van der Waals surface area (Å²) >= 11 is 5.72. The van der Waals surface area contributed by atoms with Crippen molar-refractivity contribution in [2.75, 3.05) is 0 Å². The summed E-state index contributed by atoms with van der Waals surface area (Å²) in [4.78, 5) is 4.13. The van der Waals surface area contributed by atoms with Crippen LogP contribution in [-0.4, -0.2) is 5.17 Å². The summed E-state index contributed by atoms with van der Waals surface area (Å²) in [5, 5.41) is 0.433. The van der Waals surface area contributed by atoms with Crippen molar-refractivity contribution in [1.82, 2.24) is 0 Å². The predicted molar refractivity (Wildman–Crippen MR) is 75.1 cm³/mol. The molecule has 0 radical (unpaired) electrons. The fourth-order valence-electron chi connectivity index (χ4n) is 1.48. The van der Waals surface area contributed by atoms with Crippen molar-refractivity contribution in [3.63, 3.8) is 0 Å². The first kappa shape index (κ1) is 15.9. The summed E-state index contributed by atoms with van der Waals surface area (Å²) in [6.45, 7) is 12.5. The van der Waals surface area contributed by atoms with E-state index in [4.69, 9.17) is 11.6 Å². The van der Waals surface area contributed by atoms with Gasteiger partial charge in [0.1, 0.15) is 11.0 Å². The Labute approximate surface area is 108 Å². The fraction of sp³-hybridized carbons (Fsp3) is 0.357. The molecule has 0 N–H and O–H groups in total. The third kappa shape index (κ3) is 5.14. The molecular weight excluding hydrogens is 237 g/mol. The van der Waals surface area contributed by atoms with Gasteiger partial charge in [-0.1, -0.05) is 29.8 Å². The maximum Gasteiger partial charge on any atom is 0.130 e. The first-order chi connectivity index (χ1) is 7.81. The highest BCUT2D eigenvalue weighted by Crippen LogP contribution is 2.27. The third-order valence-electron chi connectivity index (χ3n) is 2.24. The number of hydrogen-bond donors (Lipinski definition) is 0. The van der Waals surface area contributed by atoms with E-state index in [0.29, 0.717) is 16.4 Å². The first-order valence-electron chi connectivity index (χ1n) is 5.36. The first-order valence-corrected chi connectivity index (χ1v) is 5.73. The molecule has 0 aliphatic heterocycles. The average Bonchev–Trinajstić information content (AvgIpc) is 2.16. The Bertz CT molecular complexity index is 418. The highest BCUT2D eigenvalue weighted by Gasteiger charge is 2.10. The summed E-state index contributed by atoms with van der Waals surface area (Å²) in [6, 6.07) is 0. The summed E-state index contributed by atoms with van der Waals surface area (Å²) in [5.41, 5.74) is 2.94. The van der Waals surface area contributed by atoms with E-state index in [2.05, 4.69) is 11.6 Å². The Morgan fingerprint density at radius 2 is 1.71 bits per heavy atom. The molecule has 0 amide bonds. The molecule has 0 saturated carbocycles. The van der Waals surface area contributed by atoms with Gasteiger partial charge >= 0.3 is 0 Å². The van der Waals surface area contributed by atoms with Gasteiger partial charge in [-0.05, 0) is 46.3 Å². The molecule has 94 valence electrons. The van der Waals surface area contributed by atoms with E-state index >= 15 is 0 Å². The van der Waals surface area contributed by atoms with Crippen LogP contribution in [0.4, 0.5) is 4.39 Å². The Morgan fingerprint density at radius 1 is 1.18 bits per heavy atom. The molecule has 0 rings (SSSR count). The van der Waals surface area contributed by atoms with Crippen LogP contribution in [0.2, 0.25) is 0 Å². The number of allylic oxidation sites excluding steroid dienone is 7. The second kappa shape index (κ2) is 7.23. The van der Waals surface area contributed by atoms with Crippen LogP contribution >= 0.6 is 11.6 Å². The minimum Gasteiger partial charge on any atom is -0.246 e. The molecule has 0 aromatic rings. The van der Waals surface area contributed by atoms with Crippen LogP contribution < -0.4 is 0 Å². The van der Waals surface area contributed by atoms with Crippen LogP contribution in [0.25, 0.3) is 0 Å². The number of nitrogens with zero attached hydrogens (tertiary/aromatic N) is 1. The molecule has 0 heterocycles. The number of rotatable bonds is 4. The molecule has 0 spiro atoms. The van der Waals surface area contributed by atoms with Crippen LogP contribution in [0.5, 0.6) is 0 Å². The van der Waals surface area contributed by atoms with Crippen molar-refractivity contribution in [3.8, 4) is 0 Å². The molecule has 0 fully saturated rings. The number of halogens is 2. The van der Waals surface area contributed by atoms with Gasteiger partial charge in [-0.3, -0.25) is 0 Å². The molecule has 0 saturated heterocycles. The van der Waals surface area contributed by atoms with E-state index in [1.54, 1.807) is 6.92 Å². The van der Waals surface area contributed by atoms with Crippen molar-refractivity contribution in [3.05, 3.63) is 47.0 Å².